The van der Waals surface area contributed by atoms with Gasteiger partial charge in [0.05, 0.1) is 0 Å². The highest BCUT2D eigenvalue weighted by Gasteiger charge is 2.19. The van der Waals surface area contributed by atoms with Gasteiger partial charge in [0, 0.05) is 18.3 Å². The van der Waals surface area contributed by atoms with Crippen molar-refractivity contribution in [2.24, 2.45) is 0 Å². The molecular formula is C14H15N5O3S. The van der Waals surface area contributed by atoms with E-state index < -0.39 is 10.0 Å². The summed E-state index contributed by atoms with van der Waals surface area (Å²) in [6, 6.07) is 6.54. The van der Waals surface area contributed by atoms with Gasteiger partial charge in [0.2, 0.25) is 5.89 Å². The molecule has 3 heterocycles. The van der Waals surface area contributed by atoms with Crippen molar-refractivity contribution in [2.75, 3.05) is 4.72 Å². The summed E-state index contributed by atoms with van der Waals surface area (Å²) in [6.45, 7) is 3.67. The third kappa shape index (κ3) is 3.24. The molecular weight excluding hydrogens is 318 g/mol. The zero-order chi connectivity index (χ0) is 16.4. The standard InChI is InChI=1S/C14H15N5O3S/c1-3-13-17-18-14(22-13)11-7-10(8-15-11)23(20,21)19-12-6-4-5-9(2)16-12/h4-8,15H,3H2,1-2H3,(H,16,19). The van der Waals surface area contributed by atoms with Crippen LogP contribution in [0.3, 0.4) is 0 Å². The first kappa shape index (κ1) is 15.2. The quantitative estimate of drug-likeness (QED) is 0.739. The van der Waals surface area contributed by atoms with E-state index in [0.717, 1.165) is 5.69 Å². The van der Waals surface area contributed by atoms with E-state index in [1.165, 1.54) is 12.3 Å². The van der Waals surface area contributed by atoms with E-state index in [0.29, 0.717) is 18.0 Å². The van der Waals surface area contributed by atoms with Gasteiger partial charge in [-0.2, -0.15) is 0 Å². The first-order valence-corrected chi connectivity index (χ1v) is 8.44. The molecule has 120 valence electrons. The van der Waals surface area contributed by atoms with Crippen LogP contribution in [0, 0.1) is 6.92 Å². The molecule has 0 aromatic carbocycles. The molecule has 23 heavy (non-hydrogen) atoms. The predicted octanol–water partition coefficient (Wildman–Crippen LogP) is 2.13. The normalized spacial score (nSPS) is 11.6. The number of aromatic nitrogens is 4. The van der Waals surface area contributed by atoms with Gasteiger partial charge >= 0.3 is 0 Å². The van der Waals surface area contributed by atoms with Crippen LogP contribution in [-0.4, -0.2) is 28.6 Å². The molecule has 0 unspecified atom stereocenters. The molecule has 0 amide bonds. The van der Waals surface area contributed by atoms with E-state index in [4.69, 9.17) is 4.42 Å². The Balaban J connectivity index is 1.86. The van der Waals surface area contributed by atoms with Crippen molar-refractivity contribution >= 4 is 15.8 Å². The number of aromatic amines is 1. The molecule has 3 aromatic rings. The lowest BCUT2D eigenvalue weighted by molar-refractivity contribution is 0.511. The van der Waals surface area contributed by atoms with E-state index in [1.807, 2.05) is 6.92 Å². The topological polar surface area (TPSA) is 114 Å². The minimum atomic E-state index is -3.75. The number of pyridine rings is 1. The second-order valence-electron chi connectivity index (χ2n) is 4.87. The molecule has 9 heteroatoms. The predicted molar refractivity (Wildman–Crippen MR) is 83.2 cm³/mol. The minimum absolute atomic E-state index is 0.0621. The van der Waals surface area contributed by atoms with E-state index in [9.17, 15) is 8.42 Å². The first-order valence-electron chi connectivity index (χ1n) is 6.95. The number of aryl methyl sites for hydroxylation is 2. The van der Waals surface area contributed by atoms with Crippen LogP contribution in [-0.2, 0) is 16.4 Å². The summed E-state index contributed by atoms with van der Waals surface area (Å²) in [5, 5.41) is 7.72. The molecule has 0 spiro atoms. The van der Waals surface area contributed by atoms with Gasteiger partial charge in [-0.1, -0.05) is 13.0 Å². The fraction of sp³-hybridized carbons (Fsp3) is 0.214. The molecule has 0 aliphatic heterocycles. The third-order valence-corrected chi connectivity index (χ3v) is 4.43. The van der Waals surface area contributed by atoms with Crippen molar-refractivity contribution in [3.05, 3.63) is 42.0 Å². The maximum Gasteiger partial charge on any atom is 0.264 e. The van der Waals surface area contributed by atoms with Gasteiger partial charge in [0.25, 0.3) is 15.9 Å². The molecule has 2 N–H and O–H groups in total. The zero-order valence-corrected chi connectivity index (χ0v) is 13.4. The summed E-state index contributed by atoms with van der Waals surface area (Å²) in [4.78, 5) is 7.01. The Labute approximate surface area is 133 Å². The van der Waals surface area contributed by atoms with Gasteiger partial charge in [0.1, 0.15) is 16.4 Å². The number of hydrogen-bond donors (Lipinski definition) is 2. The van der Waals surface area contributed by atoms with Crippen molar-refractivity contribution in [3.63, 3.8) is 0 Å². The summed E-state index contributed by atoms with van der Waals surface area (Å²) in [6.07, 6.45) is 1.97. The van der Waals surface area contributed by atoms with Crippen LogP contribution in [0.4, 0.5) is 5.82 Å². The van der Waals surface area contributed by atoms with E-state index in [-0.39, 0.29) is 16.6 Å². The number of sulfonamides is 1. The Bertz CT molecular complexity index is 929. The fourth-order valence-electron chi connectivity index (χ4n) is 1.95. The maximum atomic E-state index is 12.4. The van der Waals surface area contributed by atoms with Gasteiger partial charge in [-0.05, 0) is 25.1 Å². The summed E-state index contributed by atoms with van der Waals surface area (Å²) in [7, 11) is -3.75. The highest BCUT2D eigenvalue weighted by molar-refractivity contribution is 7.92. The lowest BCUT2D eigenvalue weighted by atomic mass is 10.4. The van der Waals surface area contributed by atoms with Crippen LogP contribution in [0.2, 0.25) is 0 Å². The highest BCUT2D eigenvalue weighted by atomic mass is 32.2. The summed E-state index contributed by atoms with van der Waals surface area (Å²) >= 11 is 0. The average Bonchev–Trinajstić information content (AvgIpc) is 3.16. The summed E-state index contributed by atoms with van der Waals surface area (Å²) in [5.41, 5.74) is 1.16. The van der Waals surface area contributed by atoms with Gasteiger partial charge in [0.15, 0.2) is 0 Å². The Morgan fingerprint density at radius 1 is 1.30 bits per heavy atom. The molecule has 0 fully saturated rings. The van der Waals surface area contributed by atoms with Gasteiger partial charge in [-0.3, -0.25) is 4.72 Å². The Kier molecular flexibility index (Phi) is 3.87. The Hall–Kier alpha value is -2.68. The number of nitrogens with zero attached hydrogens (tertiary/aromatic N) is 3. The number of hydrogen-bond acceptors (Lipinski definition) is 6. The van der Waals surface area contributed by atoms with Crippen molar-refractivity contribution in [2.45, 2.75) is 25.2 Å². The minimum Gasteiger partial charge on any atom is -0.419 e. The molecule has 0 radical (unpaired) electrons. The van der Waals surface area contributed by atoms with E-state index >= 15 is 0 Å². The van der Waals surface area contributed by atoms with E-state index in [1.54, 1.807) is 25.1 Å². The second kappa shape index (κ2) is 5.84. The molecule has 0 saturated carbocycles. The smallest absolute Gasteiger partial charge is 0.264 e. The summed E-state index contributed by atoms with van der Waals surface area (Å²) in [5.74, 6) is 0.997. The largest absolute Gasteiger partial charge is 0.419 e. The molecule has 0 aliphatic rings. The molecule has 8 nitrogen and oxygen atoms in total. The number of rotatable bonds is 5. The molecule has 0 saturated heterocycles. The Morgan fingerprint density at radius 3 is 2.83 bits per heavy atom. The van der Waals surface area contributed by atoms with Crippen molar-refractivity contribution in [1.29, 1.82) is 0 Å². The zero-order valence-electron chi connectivity index (χ0n) is 12.6. The van der Waals surface area contributed by atoms with Crippen LogP contribution in [0.15, 0.2) is 39.8 Å². The number of nitrogens with one attached hydrogen (secondary N) is 2. The van der Waals surface area contributed by atoms with Gasteiger partial charge in [-0.15, -0.1) is 10.2 Å². The molecule has 0 atom stereocenters. The number of H-pyrrole nitrogens is 1. The van der Waals surface area contributed by atoms with Crippen molar-refractivity contribution in [3.8, 4) is 11.6 Å². The van der Waals surface area contributed by atoms with Crippen molar-refractivity contribution in [1.82, 2.24) is 20.2 Å². The molecule has 0 bridgehead atoms. The maximum absolute atomic E-state index is 12.4. The molecule has 0 aliphatic carbocycles. The second-order valence-corrected chi connectivity index (χ2v) is 6.56. The van der Waals surface area contributed by atoms with Crippen LogP contribution < -0.4 is 4.72 Å². The SMILES string of the molecule is CCc1nnc(-c2cc(S(=O)(=O)Nc3cccc(C)n3)c[nH]2)o1. The number of anilines is 1. The summed E-state index contributed by atoms with van der Waals surface area (Å²) < 4.78 is 32.6. The van der Waals surface area contributed by atoms with Crippen molar-refractivity contribution < 1.29 is 12.8 Å². The Morgan fingerprint density at radius 2 is 2.13 bits per heavy atom. The molecule has 3 rings (SSSR count). The highest BCUT2D eigenvalue weighted by Crippen LogP contribution is 2.22. The van der Waals surface area contributed by atoms with Crippen LogP contribution in [0.5, 0.6) is 0 Å². The third-order valence-electron chi connectivity index (χ3n) is 3.09. The average molecular weight is 333 g/mol. The monoisotopic (exact) mass is 333 g/mol. The van der Waals surface area contributed by atoms with Crippen LogP contribution in [0.1, 0.15) is 18.5 Å². The first-order chi connectivity index (χ1) is 11.0. The van der Waals surface area contributed by atoms with Gasteiger partial charge in [-0.25, -0.2) is 13.4 Å². The van der Waals surface area contributed by atoms with Crippen LogP contribution >= 0.6 is 0 Å². The lowest BCUT2D eigenvalue weighted by Crippen LogP contribution is -2.13. The molecule has 3 aromatic heterocycles. The van der Waals surface area contributed by atoms with Crippen LogP contribution in [0.25, 0.3) is 11.6 Å². The van der Waals surface area contributed by atoms with E-state index in [2.05, 4.69) is 24.9 Å². The fourth-order valence-corrected chi connectivity index (χ4v) is 2.95. The van der Waals surface area contributed by atoms with Gasteiger partial charge < -0.3 is 9.40 Å². The lowest BCUT2D eigenvalue weighted by Gasteiger charge is -2.05.